The molecule has 1 atom stereocenters. The SMILES string of the molecule is CCCCN(Cc1cccn1C)C(=O)CN(C(=O)c1ccc(C)cc1)C(C)CC. The highest BCUT2D eigenvalue weighted by molar-refractivity contribution is 5.96. The maximum absolute atomic E-state index is 13.2. The van der Waals surface area contributed by atoms with E-state index in [1.165, 1.54) is 0 Å². The Kier molecular flexibility index (Phi) is 8.50. The van der Waals surface area contributed by atoms with Gasteiger partial charge in [0.15, 0.2) is 0 Å². The van der Waals surface area contributed by atoms with Gasteiger partial charge in [0.05, 0.1) is 6.54 Å². The fourth-order valence-corrected chi connectivity index (χ4v) is 3.25. The number of unbranched alkanes of at least 4 members (excludes halogenated alkanes) is 1. The van der Waals surface area contributed by atoms with E-state index < -0.39 is 0 Å². The molecule has 0 aliphatic heterocycles. The Bertz CT molecular complexity index is 795. The lowest BCUT2D eigenvalue weighted by atomic mass is 10.1. The highest BCUT2D eigenvalue weighted by Crippen LogP contribution is 2.14. The van der Waals surface area contributed by atoms with Crippen molar-refractivity contribution in [2.24, 2.45) is 7.05 Å². The molecule has 0 spiro atoms. The minimum Gasteiger partial charge on any atom is -0.353 e. The van der Waals surface area contributed by atoms with Gasteiger partial charge in [-0.25, -0.2) is 0 Å². The smallest absolute Gasteiger partial charge is 0.254 e. The van der Waals surface area contributed by atoms with Crippen LogP contribution in [0, 0.1) is 6.92 Å². The number of aryl methyl sites for hydroxylation is 2. The number of nitrogens with zero attached hydrogens (tertiary/aromatic N) is 3. The van der Waals surface area contributed by atoms with Crippen molar-refractivity contribution in [1.29, 1.82) is 0 Å². The van der Waals surface area contributed by atoms with E-state index >= 15 is 0 Å². The number of rotatable bonds is 10. The standard InChI is InChI=1S/C24H35N3O2/c1-6-8-16-26(17-22-10-9-15-25(22)5)23(28)18-27(20(4)7-2)24(29)21-13-11-19(3)12-14-21/h9-15,20H,6-8,16-18H2,1-5H3. The van der Waals surface area contributed by atoms with E-state index in [2.05, 4.69) is 6.92 Å². The molecule has 0 aliphatic rings. The quantitative estimate of drug-likeness (QED) is 0.596. The number of amides is 2. The summed E-state index contributed by atoms with van der Waals surface area (Å²) in [6, 6.07) is 11.6. The Balaban J connectivity index is 2.19. The third-order valence-electron chi connectivity index (χ3n) is 5.53. The van der Waals surface area contributed by atoms with Crippen molar-refractivity contribution in [3.63, 3.8) is 0 Å². The molecule has 5 heteroatoms. The second-order valence-electron chi connectivity index (χ2n) is 7.84. The van der Waals surface area contributed by atoms with Crippen LogP contribution in [0.5, 0.6) is 0 Å². The van der Waals surface area contributed by atoms with Gasteiger partial charge >= 0.3 is 0 Å². The number of hydrogen-bond acceptors (Lipinski definition) is 2. The molecule has 0 N–H and O–H groups in total. The van der Waals surface area contributed by atoms with Gasteiger partial charge in [0.25, 0.3) is 5.91 Å². The average Bonchev–Trinajstić information content (AvgIpc) is 3.13. The second kappa shape index (κ2) is 10.8. The van der Waals surface area contributed by atoms with E-state index in [4.69, 9.17) is 0 Å². The fourth-order valence-electron chi connectivity index (χ4n) is 3.25. The van der Waals surface area contributed by atoms with Gasteiger partial charge in [0.1, 0.15) is 6.54 Å². The van der Waals surface area contributed by atoms with Crippen molar-refractivity contribution in [3.8, 4) is 0 Å². The Morgan fingerprint density at radius 3 is 2.34 bits per heavy atom. The van der Waals surface area contributed by atoms with E-state index in [0.29, 0.717) is 18.7 Å². The first-order valence-corrected chi connectivity index (χ1v) is 10.6. The summed E-state index contributed by atoms with van der Waals surface area (Å²) < 4.78 is 2.04. The second-order valence-corrected chi connectivity index (χ2v) is 7.84. The van der Waals surface area contributed by atoms with E-state index in [1.54, 1.807) is 4.90 Å². The third kappa shape index (κ3) is 6.21. The van der Waals surface area contributed by atoms with Gasteiger partial charge in [-0.1, -0.05) is 38.0 Å². The minimum atomic E-state index is -0.0815. The summed E-state index contributed by atoms with van der Waals surface area (Å²) in [7, 11) is 1.99. The average molecular weight is 398 g/mol. The summed E-state index contributed by atoms with van der Waals surface area (Å²) in [5.41, 5.74) is 2.83. The van der Waals surface area contributed by atoms with Crippen LogP contribution in [0.25, 0.3) is 0 Å². The maximum atomic E-state index is 13.2. The van der Waals surface area contributed by atoms with Crippen molar-refractivity contribution in [1.82, 2.24) is 14.4 Å². The Morgan fingerprint density at radius 1 is 1.10 bits per heavy atom. The number of carbonyl (C=O) groups excluding carboxylic acids is 2. The number of hydrogen-bond donors (Lipinski definition) is 0. The molecule has 2 rings (SSSR count). The van der Waals surface area contributed by atoms with Crippen LogP contribution in [-0.2, 0) is 18.4 Å². The molecule has 0 radical (unpaired) electrons. The Morgan fingerprint density at radius 2 is 1.79 bits per heavy atom. The van der Waals surface area contributed by atoms with Crippen molar-refractivity contribution < 1.29 is 9.59 Å². The van der Waals surface area contributed by atoms with Crippen LogP contribution in [0.3, 0.4) is 0 Å². The molecular weight excluding hydrogens is 362 g/mol. The van der Waals surface area contributed by atoms with E-state index in [-0.39, 0.29) is 24.4 Å². The first kappa shape index (κ1) is 22.7. The van der Waals surface area contributed by atoms with Crippen LogP contribution in [-0.4, -0.2) is 45.3 Å². The highest BCUT2D eigenvalue weighted by Gasteiger charge is 2.25. The number of benzene rings is 1. The van der Waals surface area contributed by atoms with Crippen molar-refractivity contribution in [2.75, 3.05) is 13.1 Å². The summed E-state index contributed by atoms with van der Waals surface area (Å²) in [5.74, 6) is -0.0811. The zero-order valence-electron chi connectivity index (χ0n) is 18.5. The third-order valence-corrected chi connectivity index (χ3v) is 5.53. The van der Waals surface area contributed by atoms with Gasteiger partial charge in [-0.3, -0.25) is 9.59 Å². The van der Waals surface area contributed by atoms with Crippen molar-refractivity contribution in [3.05, 3.63) is 59.4 Å². The summed E-state index contributed by atoms with van der Waals surface area (Å²) in [5, 5.41) is 0. The molecule has 2 amide bonds. The predicted molar refractivity (Wildman–Crippen MR) is 118 cm³/mol. The highest BCUT2D eigenvalue weighted by atomic mass is 16.2. The molecule has 1 heterocycles. The minimum absolute atomic E-state index is 0.000381. The molecule has 2 aromatic rings. The van der Waals surface area contributed by atoms with Gasteiger partial charge < -0.3 is 14.4 Å². The molecule has 0 saturated heterocycles. The van der Waals surface area contributed by atoms with E-state index in [9.17, 15) is 9.59 Å². The molecule has 1 aromatic carbocycles. The number of aromatic nitrogens is 1. The lowest BCUT2D eigenvalue weighted by Gasteiger charge is -2.31. The normalized spacial score (nSPS) is 11.9. The van der Waals surface area contributed by atoms with E-state index in [1.807, 2.05) is 79.9 Å². The Labute approximate surface area is 175 Å². The van der Waals surface area contributed by atoms with Gasteiger partial charge in [-0.15, -0.1) is 0 Å². The monoisotopic (exact) mass is 397 g/mol. The lowest BCUT2D eigenvalue weighted by Crippen LogP contribution is -2.46. The zero-order valence-corrected chi connectivity index (χ0v) is 18.5. The van der Waals surface area contributed by atoms with Crippen molar-refractivity contribution >= 4 is 11.8 Å². The summed E-state index contributed by atoms with van der Waals surface area (Å²) in [6.45, 7) is 9.55. The summed E-state index contributed by atoms with van der Waals surface area (Å²) in [6.07, 6.45) is 4.77. The molecule has 158 valence electrons. The molecule has 29 heavy (non-hydrogen) atoms. The molecular formula is C24H35N3O2. The van der Waals surface area contributed by atoms with Crippen LogP contribution in [0.1, 0.15) is 61.6 Å². The largest absolute Gasteiger partial charge is 0.353 e. The van der Waals surface area contributed by atoms with Gasteiger partial charge in [-0.2, -0.15) is 0 Å². The van der Waals surface area contributed by atoms with Crippen LogP contribution in [0.15, 0.2) is 42.6 Å². The summed E-state index contributed by atoms with van der Waals surface area (Å²) in [4.78, 5) is 30.0. The molecule has 0 aliphatic carbocycles. The molecule has 1 aromatic heterocycles. The van der Waals surface area contributed by atoms with Crippen LogP contribution < -0.4 is 0 Å². The molecule has 5 nitrogen and oxygen atoms in total. The van der Waals surface area contributed by atoms with Gasteiger partial charge in [0, 0.05) is 37.1 Å². The Hall–Kier alpha value is -2.56. The molecule has 0 bridgehead atoms. The predicted octanol–water partition coefficient (Wildman–Crippen LogP) is 4.40. The van der Waals surface area contributed by atoms with Crippen LogP contribution in [0.4, 0.5) is 0 Å². The van der Waals surface area contributed by atoms with Gasteiger partial charge in [0.2, 0.25) is 5.91 Å². The lowest BCUT2D eigenvalue weighted by molar-refractivity contribution is -0.133. The van der Waals surface area contributed by atoms with Gasteiger partial charge in [-0.05, 0) is 51.0 Å². The molecule has 1 unspecified atom stereocenters. The maximum Gasteiger partial charge on any atom is 0.254 e. The molecule has 0 saturated carbocycles. The summed E-state index contributed by atoms with van der Waals surface area (Å²) >= 11 is 0. The zero-order chi connectivity index (χ0) is 21.4. The van der Waals surface area contributed by atoms with E-state index in [0.717, 1.165) is 30.5 Å². The molecule has 0 fully saturated rings. The first-order valence-electron chi connectivity index (χ1n) is 10.6. The number of carbonyl (C=O) groups is 2. The topological polar surface area (TPSA) is 45.6 Å². The first-order chi connectivity index (χ1) is 13.9. The van der Waals surface area contributed by atoms with Crippen molar-refractivity contribution in [2.45, 2.75) is 59.5 Å². The van der Waals surface area contributed by atoms with Crippen LogP contribution >= 0.6 is 0 Å². The van der Waals surface area contributed by atoms with Crippen LogP contribution in [0.2, 0.25) is 0 Å². The fraction of sp³-hybridized carbons (Fsp3) is 0.500.